The molecule has 0 radical (unpaired) electrons. The van der Waals surface area contributed by atoms with Crippen LogP contribution in [-0.4, -0.2) is 22.7 Å². The van der Waals surface area contributed by atoms with Crippen LogP contribution in [0.3, 0.4) is 0 Å². The maximum atomic E-state index is 12.4. The van der Waals surface area contributed by atoms with E-state index in [2.05, 4.69) is 20.6 Å². The Bertz CT molecular complexity index is 1010. The number of nitrogens with one attached hydrogen (secondary N) is 2. The van der Waals surface area contributed by atoms with Crippen molar-refractivity contribution in [3.05, 3.63) is 76.7 Å². The fourth-order valence-electron chi connectivity index (χ4n) is 2.73. The maximum absolute atomic E-state index is 12.4. The van der Waals surface area contributed by atoms with E-state index in [1.165, 1.54) is 6.33 Å². The molecule has 1 aliphatic heterocycles. The summed E-state index contributed by atoms with van der Waals surface area (Å²) in [6.45, 7) is 1.06. The number of carbonyl (C=O) groups is 1. The fourth-order valence-corrected chi connectivity index (χ4v) is 2.93. The lowest BCUT2D eigenvalue weighted by Crippen LogP contribution is -2.24. The first-order valence-corrected chi connectivity index (χ1v) is 9.03. The van der Waals surface area contributed by atoms with Gasteiger partial charge < -0.3 is 20.1 Å². The van der Waals surface area contributed by atoms with Gasteiger partial charge in [0, 0.05) is 24.2 Å². The summed E-state index contributed by atoms with van der Waals surface area (Å²) in [5, 5.41) is 6.67. The van der Waals surface area contributed by atoms with Crippen molar-refractivity contribution in [2.75, 3.05) is 12.1 Å². The Hall–Kier alpha value is -3.32. The predicted molar refractivity (Wildman–Crippen MR) is 105 cm³/mol. The Balaban J connectivity index is 1.37. The average molecular weight is 397 g/mol. The molecular formula is C20H17ClN4O3. The molecule has 1 aliphatic rings. The smallest absolute Gasteiger partial charge is 0.270 e. The molecule has 28 heavy (non-hydrogen) atoms. The number of fused-ring (bicyclic) bond motifs is 1. The summed E-state index contributed by atoms with van der Waals surface area (Å²) in [6, 6.07) is 14.7. The Morgan fingerprint density at radius 3 is 2.79 bits per heavy atom. The molecule has 4 rings (SSSR count). The van der Waals surface area contributed by atoms with Crippen molar-refractivity contribution in [1.29, 1.82) is 0 Å². The molecule has 2 heterocycles. The van der Waals surface area contributed by atoms with E-state index in [-0.39, 0.29) is 18.4 Å². The summed E-state index contributed by atoms with van der Waals surface area (Å²) < 4.78 is 10.6. The maximum Gasteiger partial charge on any atom is 0.270 e. The third-order valence-corrected chi connectivity index (χ3v) is 4.58. The van der Waals surface area contributed by atoms with Crippen LogP contribution in [0.25, 0.3) is 0 Å². The summed E-state index contributed by atoms with van der Waals surface area (Å²) in [7, 11) is 0. The standard InChI is InChI=1S/C20H17ClN4O3/c21-15-4-2-1-3-14(15)10-22-19-8-16(24-11-25-19)20(26)23-9-13-5-6-17-18(7-13)28-12-27-17/h1-8,11H,9-10,12H2,(H,23,26)(H,22,24,25). The van der Waals surface area contributed by atoms with Crippen molar-refractivity contribution in [2.24, 2.45) is 0 Å². The van der Waals surface area contributed by atoms with Gasteiger partial charge in [0.15, 0.2) is 11.5 Å². The molecule has 7 nitrogen and oxygen atoms in total. The van der Waals surface area contributed by atoms with Gasteiger partial charge in [0.1, 0.15) is 17.8 Å². The highest BCUT2D eigenvalue weighted by Gasteiger charge is 2.14. The third-order valence-electron chi connectivity index (χ3n) is 4.21. The van der Waals surface area contributed by atoms with Crippen molar-refractivity contribution in [1.82, 2.24) is 15.3 Å². The highest BCUT2D eigenvalue weighted by Crippen LogP contribution is 2.32. The van der Waals surface area contributed by atoms with Crippen LogP contribution in [-0.2, 0) is 13.1 Å². The SMILES string of the molecule is O=C(NCc1ccc2c(c1)OCO2)c1cc(NCc2ccccc2Cl)ncn1. The van der Waals surface area contributed by atoms with Crippen LogP contribution >= 0.6 is 11.6 Å². The minimum absolute atomic E-state index is 0.218. The zero-order valence-corrected chi connectivity index (χ0v) is 15.6. The molecular weight excluding hydrogens is 380 g/mol. The van der Waals surface area contributed by atoms with E-state index in [4.69, 9.17) is 21.1 Å². The zero-order valence-electron chi connectivity index (χ0n) is 14.8. The highest BCUT2D eigenvalue weighted by atomic mass is 35.5. The first-order valence-electron chi connectivity index (χ1n) is 8.65. The van der Waals surface area contributed by atoms with Gasteiger partial charge in [-0.2, -0.15) is 0 Å². The molecule has 0 spiro atoms. The summed E-state index contributed by atoms with van der Waals surface area (Å²) in [5.74, 6) is 1.64. The van der Waals surface area contributed by atoms with Gasteiger partial charge in [0.05, 0.1) is 0 Å². The van der Waals surface area contributed by atoms with E-state index in [1.807, 2.05) is 42.5 Å². The molecule has 0 fully saturated rings. The van der Waals surface area contributed by atoms with Crippen LogP contribution in [0.2, 0.25) is 5.02 Å². The van der Waals surface area contributed by atoms with Gasteiger partial charge >= 0.3 is 0 Å². The summed E-state index contributed by atoms with van der Waals surface area (Å²) in [5.41, 5.74) is 2.12. The Morgan fingerprint density at radius 2 is 1.89 bits per heavy atom. The summed E-state index contributed by atoms with van der Waals surface area (Å²) >= 11 is 6.15. The second kappa shape index (κ2) is 8.14. The molecule has 2 aromatic carbocycles. The van der Waals surface area contributed by atoms with Gasteiger partial charge in [-0.3, -0.25) is 4.79 Å². The van der Waals surface area contributed by atoms with Crippen LogP contribution in [0.5, 0.6) is 11.5 Å². The average Bonchev–Trinajstić information content (AvgIpc) is 3.19. The lowest BCUT2D eigenvalue weighted by molar-refractivity contribution is 0.0945. The van der Waals surface area contributed by atoms with Crippen LogP contribution in [0, 0.1) is 0 Å². The number of benzene rings is 2. The molecule has 0 unspecified atom stereocenters. The number of hydrogen-bond acceptors (Lipinski definition) is 6. The lowest BCUT2D eigenvalue weighted by atomic mass is 10.2. The molecule has 0 bridgehead atoms. The van der Waals surface area contributed by atoms with Crippen molar-refractivity contribution in [3.8, 4) is 11.5 Å². The zero-order chi connectivity index (χ0) is 19.3. The minimum Gasteiger partial charge on any atom is -0.454 e. The monoisotopic (exact) mass is 396 g/mol. The largest absolute Gasteiger partial charge is 0.454 e. The van der Waals surface area contributed by atoms with Crippen molar-refractivity contribution < 1.29 is 14.3 Å². The molecule has 0 atom stereocenters. The second-order valence-electron chi connectivity index (χ2n) is 6.10. The van der Waals surface area contributed by atoms with Gasteiger partial charge in [-0.1, -0.05) is 35.9 Å². The van der Waals surface area contributed by atoms with Gasteiger partial charge in [0.2, 0.25) is 6.79 Å². The van der Waals surface area contributed by atoms with Crippen LogP contribution < -0.4 is 20.1 Å². The molecule has 0 aliphatic carbocycles. The van der Waals surface area contributed by atoms with E-state index < -0.39 is 0 Å². The molecule has 0 saturated carbocycles. The number of amides is 1. The number of halogens is 1. The van der Waals surface area contributed by atoms with Crippen molar-refractivity contribution in [3.63, 3.8) is 0 Å². The predicted octanol–water partition coefficient (Wildman–Crippen LogP) is 3.40. The molecule has 1 aromatic heterocycles. The van der Waals surface area contributed by atoms with Crippen LogP contribution in [0.1, 0.15) is 21.6 Å². The highest BCUT2D eigenvalue weighted by molar-refractivity contribution is 6.31. The van der Waals surface area contributed by atoms with Gasteiger partial charge in [-0.25, -0.2) is 9.97 Å². The molecule has 142 valence electrons. The Kier molecular flexibility index (Phi) is 5.25. The normalized spacial score (nSPS) is 11.9. The number of hydrogen-bond donors (Lipinski definition) is 2. The van der Waals surface area contributed by atoms with Crippen molar-refractivity contribution in [2.45, 2.75) is 13.1 Å². The quantitative estimate of drug-likeness (QED) is 0.664. The third kappa shape index (κ3) is 4.15. The first kappa shape index (κ1) is 18.1. The molecule has 3 aromatic rings. The summed E-state index contributed by atoms with van der Waals surface area (Å²) in [6.07, 6.45) is 1.35. The minimum atomic E-state index is -0.291. The van der Waals surface area contributed by atoms with Crippen LogP contribution in [0.15, 0.2) is 54.9 Å². The lowest BCUT2D eigenvalue weighted by Gasteiger charge is -2.09. The molecule has 8 heteroatoms. The number of carbonyl (C=O) groups excluding carboxylic acids is 1. The van der Waals surface area contributed by atoms with Gasteiger partial charge in [0.25, 0.3) is 5.91 Å². The van der Waals surface area contributed by atoms with E-state index >= 15 is 0 Å². The number of ether oxygens (including phenoxy) is 2. The number of rotatable bonds is 6. The van der Waals surface area contributed by atoms with E-state index in [1.54, 1.807) is 6.07 Å². The number of anilines is 1. The first-order chi connectivity index (χ1) is 13.7. The number of aromatic nitrogens is 2. The Morgan fingerprint density at radius 1 is 1.04 bits per heavy atom. The topological polar surface area (TPSA) is 85.4 Å². The Labute approximate surface area is 166 Å². The van der Waals surface area contributed by atoms with Crippen molar-refractivity contribution >= 4 is 23.3 Å². The van der Waals surface area contributed by atoms with Gasteiger partial charge in [-0.15, -0.1) is 0 Å². The number of nitrogens with zero attached hydrogens (tertiary/aromatic N) is 2. The molecule has 2 N–H and O–H groups in total. The molecule has 1 amide bonds. The van der Waals surface area contributed by atoms with Crippen LogP contribution in [0.4, 0.5) is 5.82 Å². The van der Waals surface area contributed by atoms with E-state index in [9.17, 15) is 4.79 Å². The van der Waals surface area contributed by atoms with E-state index in [0.717, 1.165) is 11.1 Å². The van der Waals surface area contributed by atoms with Gasteiger partial charge in [-0.05, 0) is 29.3 Å². The summed E-state index contributed by atoms with van der Waals surface area (Å²) in [4.78, 5) is 20.6. The van der Waals surface area contributed by atoms with E-state index in [0.29, 0.717) is 35.4 Å². The fraction of sp³-hybridized carbons (Fsp3) is 0.150. The molecule has 0 saturated heterocycles. The second-order valence-corrected chi connectivity index (χ2v) is 6.51.